The molecule has 0 fully saturated rings. The highest BCUT2D eigenvalue weighted by atomic mass is 16.6. The van der Waals surface area contributed by atoms with Crippen LogP contribution in [0.2, 0.25) is 0 Å². The van der Waals surface area contributed by atoms with Crippen LogP contribution in [0.5, 0.6) is 11.5 Å². The van der Waals surface area contributed by atoms with E-state index in [0.29, 0.717) is 24.3 Å². The molecule has 31 heavy (non-hydrogen) atoms. The van der Waals surface area contributed by atoms with Crippen molar-refractivity contribution in [3.8, 4) is 11.5 Å². The molecule has 0 amide bonds. The Morgan fingerprint density at radius 1 is 1.03 bits per heavy atom. The second-order valence-electron chi connectivity index (χ2n) is 7.76. The lowest BCUT2D eigenvalue weighted by Crippen LogP contribution is -2.33. The van der Waals surface area contributed by atoms with Crippen molar-refractivity contribution in [2.45, 2.75) is 33.4 Å². The summed E-state index contributed by atoms with van der Waals surface area (Å²) in [5.74, 6) is 0.728. The number of aryl methyl sites for hydroxylation is 2. The third-order valence-corrected chi connectivity index (χ3v) is 5.45. The molecule has 1 aromatic heterocycles. The number of rotatable bonds is 6. The molecule has 6 nitrogen and oxygen atoms in total. The Labute approximate surface area is 181 Å². The monoisotopic (exact) mass is 419 g/mol. The predicted molar refractivity (Wildman–Crippen MR) is 116 cm³/mol. The number of hydrogen-bond acceptors (Lipinski definition) is 5. The molecule has 0 aliphatic carbocycles. The number of esters is 1. The summed E-state index contributed by atoms with van der Waals surface area (Å²) in [5.41, 5.74) is 3.78. The van der Waals surface area contributed by atoms with Crippen molar-refractivity contribution in [3.63, 3.8) is 0 Å². The summed E-state index contributed by atoms with van der Waals surface area (Å²) in [5, 5.41) is 0. The van der Waals surface area contributed by atoms with Crippen LogP contribution in [-0.2, 0) is 11.3 Å². The lowest BCUT2D eigenvalue weighted by molar-refractivity contribution is 0.0474. The van der Waals surface area contributed by atoms with E-state index < -0.39 is 5.97 Å². The second-order valence-corrected chi connectivity index (χ2v) is 7.76. The summed E-state index contributed by atoms with van der Waals surface area (Å²) in [4.78, 5) is 24.9. The maximum absolute atomic E-state index is 12.7. The van der Waals surface area contributed by atoms with Crippen LogP contribution in [-0.4, -0.2) is 35.6 Å². The zero-order valence-electron chi connectivity index (χ0n) is 17.9. The van der Waals surface area contributed by atoms with Crippen molar-refractivity contribution in [1.82, 2.24) is 4.57 Å². The minimum atomic E-state index is -0.506. The average molecular weight is 419 g/mol. The summed E-state index contributed by atoms with van der Waals surface area (Å²) in [6.07, 6.45) is -0.165. The van der Waals surface area contributed by atoms with Gasteiger partial charge in [0, 0.05) is 17.0 Å². The van der Waals surface area contributed by atoms with E-state index in [0.717, 1.165) is 28.5 Å². The number of ether oxygens (including phenoxy) is 3. The van der Waals surface area contributed by atoms with Crippen molar-refractivity contribution in [1.29, 1.82) is 0 Å². The van der Waals surface area contributed by atoms with Crippen molar-refractivity contribution >= 4 is 11.8 Å². The third-order valence-electron chi connectivity index (χ3n) is 5.45. The quantitative estimate of drug-likeness (QED) is 0.440. The van der Waals surface area contributed by atoms with Crippen molar-refractivity contribution in [3.05, 3.63) is 82.7 Å². The van der Waals surface area contributed by atoms with Gasteiger partial charge in [-0.15, -0.1) is 0 Å². The average Bonchev–Trinajstić information content (AvgIpc) is 3.06. The van der Waals surface area contributed by atoms with E-state index in [4.69, 9.17) is 14.2 Å². The van der Waals surface area contributed by atoms with Gasteiger partial charge < -0.3 is 18.8 Å². The van der Waals surface area contributed by atoms with Crippen LogP contribution in [0.15, 0.2) is 54.6 Å². The predicted octanol–water partition coefficient (Wildman–Crippen LogP) is 4.29. The van der Waals surface area contributed by atoms with Crippen LogP contribution >= 0.6 is 0 Å². The first-order valence-corrected chi connectivity index (χ1v) is 10.2. The zero-order valence-corrected chi connectivity index (χ0v) is 17.9. The summed E-state index contributed by atoms with van der Waals surface area (Å²) < 4.78 is 19.1. The maximum atomic E-state index is 12.7. The number of aromatic nitrogens is 1. The second kappa shape index (κ2) is 8.68. The van der Waals surface area contributed by atoms with Crippen molar-refractivity contribution in [2.24, 2.45) is 0 Å². The number of Topliss-reactive ketones (excluding diaryl/α,β-unsaturated/α-hetero) is 1. The molecule has 0 radical (unpaired) electrons. The lowest BCUT2D eigenvalue weighted by Gasteiger charge is -2.27. The molecule has 0 spiro atoms. The summed E-state index contributed by atoms with van der Waals surface area (Å²) >= 11 is 0. The third kappa shape index (κ3) is 4.48. The smallest absolute Gasteiger partial charge is 0.338 e. The molecule has 0 unspecified atom stereocenters. The number of ketones is 1. The van der Waals surface area contributed by atoms with Gasteiger partial charge in [-0.1, -0.05) is 29.8 Å². The van der Waals surface area contributed by atoms with E-state index in [9.17, 15) is 9.59 Å². The largest absolute Gasteiger partial charge is 0.486 e. The number of fused-ring (bicyclic) bond motifs is 1. The van der Waals surface area contributed by atoms with Gasteiger partial charge in [0.1, 0.15) is 6.61 Å². The minimum Gasteiger partial charge on any atom is -0.486 e. The Balaban J connectivity index is 1.41. The highest BCUT2D eigenvalue weighted by Gasteiger charge is 2.24. The van der Waals surface area contributed by atoms with E-state index in [-0.39, 0.29) is 18.5 Å². The number of carbonyl (C=O) groups is 2. The molecule has 4 rings (SSSR count). The molecule has 0 saturated carbocycles. The SMILES string of the molecule is Cc1ccc(C(=O)OCC(=O)c2cc(C)n(C[C@@H]3COc4ccccc4O3)c2C)cc1. The van der Waals surface area contributed by atoms with Gasteiger partial charge in [-0.3, -0.25) is 4.79 Å². The fourth-order valence-electron chi connectivity index (χ4n) is 3.70. The molecule has 2 heterocycles. The van der Waals surface area contributed by atoms with Gasteiger partial charge in [0.2, 0.25) is 5.78 Å². The van der Waals surface area contributed by atoms with Crippen LogP contribution < -0.4 is 9.47 Å². The normalized spacial score (nSPS) is 14.9. The maximum Gasteiger partial charge on any atom is 0.338 e. The van der Waals surface area contributed by atoms with Crippen LogP contribution in [0.1, 0.15) is 37.7 Å². The van der Waals surface area contributed by atoms with E-state index in [1.807, 2.05) is 67.8 Å². The first kappa shape index (κ1) is 20.7. The van der Waals surface area contributed by atoms with Gasteiger partial charge in [0.25, 0.3) is 0 Å². The van der Waals surface area contributed by atoms with Gasteiger partial charge in [-0.25, -0.2) is 4.79 Å². The van der Waals surface area contributed by atoms with Gasteiger partial charge in [0.05, 0.1) is 12.1 Å². The molecule has 1 atom stereocenters. The number of hydrogen-bond donors (Lipinski definition) is 0. The first-order valence-electron chi connectivity index (χ1n) is 10.2. The molecule has 0 N–H and O–H groups in total. The van der Waals surface area contributed by atoms with Crippen LogP contribution in [0.25, 0.3) is 0 Å². The molecule has 3 aromatic rings. The van der Waals surface area contributed by atoms with Gasteiger partial charge >= 0.3 is 5.97 Å². The fourth-order valence-corrected chi connectivity index (χ4v) is 3.70. The highest BCUT2D eigenvalue weighted by molar-refractivity contribution is 6.00. The molecule has 0 bridgehead atoms. The Morgan fingerprint density at radius 3 is 2.48 bits per heavy atom. The number of carbonyl (C=O) groups excluding carboxylic acids is 2. The van der Waals surface area contributed by atoms with Crippen LogP contribution in [0.3, 0.4) is 0 Å². The zero-order chi connectivity index (χ0) is 22.0. The number of benzene rings is 2. The molecule has 2 aromatic carbocycles. The molecular formula is C25H25NO5. The molecular weight excluding hydrogens is 394 g/mol. The topological polar surface area (TPSA) is 66.8 Å². The van der Waals surface area contributed by atoms with E-state index >= 15 is 0 Å². The van der Waals surface area contributed by atoms with Crippen LogP contribution in [0, 0.1) is 20.8 Å². The molecule has 160 valence electrons. The Kier molecular flexibility index (Phi) is 5.80. The van der Waals surface area contributed by atoms with Crippen molar-refractivity contribution < 1.29 is 23.8 Å². The lowest BCUT2D eigenvalue weighted by atomic mass is 10.1. The van der Waals surface area contributed by atoms with Crippen LogP contribution in [0.4, 0.5) is 0 Å². The van der Waals surface area contributed by atoms with E-state index in [1.165, 1.54) is 0 Å². The Bertz CT molecular complexity index is 1110. The summed E-state index contributed by atoms with van der Waals surface area (Å²) in [6, 6.07) is 16.5. The molecule has 1 aliphatic rings. The van der Waals surface area contributed by atoms with Crippen molar-refractivity contribution in [2.75, 3.05) is 13.2 Å². The standard InChI is InChI=1S/C25H25NO5/c1-16-8-10-19(11-9-16)25(28)30-15-22(27)21-12-17(2)26(18(21)3)13-20-14-29-23-6-4-5-7-24(23)31-20/h4-12,20H,13-15H2,1-3H3/t20-/m1/s1. The minimum absolute atomic E-state index is 0.165. The first-order chi connectivity index (χ1) is 14.9. The summed E-state index contributed by atoms with van der Waals surface area (Å²) in [6.45, 7) is 6.47. The molecule has 0 saturated heterocycles. The van der Waals surface area contributed by atoms with Gasteiger partial charge in [-0.2, -0.15) is 0 Å². The summed E-state index contributed by atoms with van der Waals surface area (Å²) in [7, 11) is 0. The van der Waals surface area contributed by atoms with E-state index in [2.05, 4.69) is 0 Å². The Hall–Kier alpha value is -3.54. The van der Waals surface area contributed by atoms with Gasteiger partial charge in [-0.05, 0) is 51.1 Å². The Morgan fingerprint density at radius 2 is 1.74 bits per heavy atom. The van der Waals surface area contributed by atoms with E-state index in [1.54, 1.807) is 12.1 Å². The molecule has 1 aliphatic heterocycles. The number of nitrogens with zero attached hydrogens (tertiary/aromatic N) is 1. The number of para-hydroxylation sites is 2. The highest BCUT2D eigenvalue weighted by Crippen LogP contribution is 2.31. The van der Waals surface area contributed by atoms with Gasteiger partial charge in [0.15, 0.2) is 24.2 Å². The molecule has 6 heteroatoms. The fraction of sp³-hybridized carbons (Fsp3) is 0.280.